The second kappa shape index (κ2) is 4.57. The molecule has 2 heterocycles. The van der Waals surface area contributed by atoms with Gasteiger partial charge in [0.1, 0.15) is 5.52 Å². The highest BCUT2D eigenvalue weighted by Crippen LogP contribution is 2.30. The van der Waals surface area contributed by atoms with E-state index < -0.39 is 0 Å². The van der Waals surface area contributed by atoms with E-state index in [0.29, 0.717) is 17.3 Å². The van der Waals surface area contributed by atoms with Gasteiger partial charge < -0.3 is 10.5 Å². The third-order valence-corrected chi connectivity index (χ3v) is 2.84. The van der Waals surface area contributed by atoms with Crippen LogP contribution in [0.3, 0.4) is 0 Å². The van der Waals surface area contributed by atoms with Gasteiger partial charge in [-0.15, -0.1) is 0 Å². The lowest BCUT2D eigenvalue weighted by Gasteiger charge is -2.09. The molecule has 0 spiro atoms. The van der Waals surface area contributed by atoms with Crippen molar-refractivity contribution in [2.45, 2.75) is 6.92 Å². The zero-order valence-corrected chi connectivity index (χ0v) is 10.5. The van der Waals surface area contributed by atoms with Crippen molar-refractivity contribution in [3.05, 3.63) is 54.4 Å². The lowest BCUT2D eigenvalue weighted by atomic mass is 10.2. The summed E-state index contributed by atoms with van der Waals surface area (Å²) >= 11 is 0. The molecule has 4 nitrogen and oxygen atoms in total. The number of nitrogens with two attached hydrogens (primary N) is 1. The lowest BCUT2D eigenvalue weighted by Crippen LogP contribution is -1.94. The molecule has 0 unspecified atom stereocenters. The number of fused-ring (bicyclic) bond motifs is 1. The zero-order chi connectivity index (χ0) is 13.2. The summed E-state index contributed by atoms with van der Waals surface area (Å²) in [5.74, 6) is 1.21. The predicted molar refractivity (Wildman–Crippen MR) is 75.2 cm³/mol. The summed E-state index contributed by atoms with van der Waals surface area (Å²) in [4.78, 5) is 8.64. The normalized spacial score (nSPS) is 10.6. The van der Waals surface area contributed by atoms with Crippen LogP contribution >= 0.6 is 0 Å². The monoisotopic (exact) mass is 251 g/mol. The third-order valence-electron chi connectivity index (χ3n) is 2.84. The second-order valence-corrected chi connectivity index (χ2v) is 4.27. The van der Waals surface area contributed by atoms with Gasteiger partial charge in [-0.3, -0.25) is 4.98 Å². The van der Waals surface area contributed by atoms with Crippen molar-refractivity contribution < 1.29 is 4.74 Å². The van der Waals surface area contributed by atoms with Crippen molar-refractivity contribution in [1.29, 1.82) is 0 Å². The van der Waals surface area contributed by atoms with Gasteiger partial charge in [0.05, 0.1) is 0 Å². The largest absolute Gasteiger partial charge is 0.437 e. The Hall–Kier alpha value is -2.62. The average molecular weight is 251 g/mol. The summed E-state index contributed by atoms with van der Waals surface area (Å²) in [5, 5.41) is 0.882. The molecule has 0 aliphatic heterocycles. The maximum Gasteiger partial charge on any atom is 0.219 e. The summed E-state index contributed by atoms with van der Waals surface area (Å²) in [6.07, 6.45) is 1.72. The topological polar surface area (TPSA) is 61.0 Å². The number of nitrogen functional groups attached to an aromatic ring is 1. The van der Waals surface area contributed by atoms with E-state index in [1.165, 1.54) is 0 Å². The molecule has 0 bridgehead atoms. The van der Waals surface area contributed by atoms with Crippen molar-refractivity contribution >= 4 is 16.6 Å². The SMILES string of the molecule is Cc1cccc(Oc2ccc(N)c3cccnc23)n1. The van der Waals surface area contributed by atoms with Crippen LogP contribution in [0.4, 0.5) is 5.69 Å². The number of ether oxygens (including phenoxy) is 1. The molecule has 0 saturated carbocycles. The quantitative estimate of drug-likeness (QED) is 0.710. The van der Waals surface area contributed by atoms with Gasteiger partial charge in [-0.1, -0.05) is 6.07 Å². The fourth-order valence-electron chi connectivity index (χ4n) is 1.94. The number of anilines is 1. The summed E-state index contributed by atoms with van der Waals surface area (Å²) in [7, 11) is 0. The Morgan fingerprint density at radius 2 is 1.95 bits per heavy atom. The van der Waals surface area contributed by atoms with Gasteiger partial charge in [-0.2, -0.15) is 0 Å². The van der Waals surface area contributed by atoms with E-state index in [0.717, 1.165) is 16.6 Å². The number of aromatic nitrogens is 2. The molecule has 0 radical (unpaired) electrons. The molecule has 0 saturated heterocycles. The highest BCUT2D eigenvalue weighted by atomic mass is 16.5. The first kappa shape index (κ1) is 11.5. The number of benzene rings is 1. The van der Waals surface area contributed by atoms with Gasteiger partial charge in [-0.05, 0) is 37.3 Å². The second-order valence-electron chi connectivity index (χ2n) is 4.27. The van der Waals surface area contributed by atoms with E-state index in [1.54, 1.807) is 6.20 Å². The minimum Gasteiger partial charge on any atom is -0.437 e. The smallest absolute Gasteiger partial charge is 0.219 e. The van der Waals surface area contributed by atoms with E-state index in [4.69, 9.17) is 10.5 Å². The van der Waals surface area contributed by atoms with Gasteiger partial charge in [0.25, 0.3) is 0 Å². The lowest BCUT2D eigenvalue weighted by molar-refractivity contribution is 0.466. The molecule has 0 atom stereocenters. The molecule has 4 heteroatoms. The minimum atomic E-state index is 0.553. The maximum atomic E-state index is 5.93. The molecule has 94 valence electrons. The molecular weight excluding hydrogens is 238 g/mol. The minimum absolute atomic E-state index is 0.553. The summed E-state index contributed by atoms with van der Waals surface area (Å²) in [6, 6.07) is 13.1. The highest BCUT2D eigenvalue weighted by molar-refractivity contribution is 5.94. The molecule has 1 aromatic carbocycles. The Morgan fingerprint density at radius 1 is 1.05 bits per heavy atom. The van der Waals surface area contributed by atoms with Crippen molar-refractivity contribution in [1.82, 2.24) is 9.97 Å². The van der Waals surface area contributed by atoms with Crippen molar-refractivity contribution in [2.75, 3.05) is 5.73 Å². The molecule has 0 aliphatic rings. The summed E-state index contributed by atoms with van der Waals surface area (Å²) < 4.78 is 5.80. The number of nitrogens with zero attached hydrogens (tertiary/aromatic N) is 2. The molecular formula is C15H13N3O. The Balaban J connectivity index is 2.09. The van der Waals surface area contributed by atoms with E-state index >= 15 is 0 Å². The number of pyridine rings is 2. The van der Waals surface area contributed by atoms with Crippen LogP contribution in [0, 0.1) is 6.92 Å². The van der Waals surface area contributed by atoms with Gasteiger partial charge in [0.2, 0.25) is 5.88 Å². The molecule has 2 N–H and O–H groups in total. The zero-order valence-electron chi connectivity index (χ0n) is 10.5. The molecule has 3 rings (SSSR count). The van der Waals surface area contributed by atoms with Crippen molar-refractivity contribution in [3.63, 3.8) is 0 Å². The maximum absolute atomic E-state index is 5.93. The van der Waals surface area contributed by atoms with Gasteiger partial charge in [0.15, 0.2) is 5.75 Å². The Morgan fingerprint density at radius 3 is 2.79 bits per heavy atom. The van der Waals surface area contributed by atoms with Crippen LogP contribution in [0.2, 0.25) is 0 Å². The highest BCUT2D eigenvalue weighted by Gasteiger charge is 2.07. The van der Waals surface area contributed by atoms with E-state index in [1.807, 2.05) is 49.4 Å². The standard InChI is InChI=1S/C15H13N3O/c1-10-4-2-6-14(18-10)19-13-8-7-12(16)11-5-3-9-17-15(11)13/h2-9H,16H2,1H3. The van der Waals surface area contributed by atoms with E-state index in [2.05, 4.69) is 9.97 Å². The Bertz CT molecular complexity index is 740. The first-order valence-electron chi connectivity index (χ1n) is 5.99. The predicted octanol–water partition coefficient (Wildman–Crippen LogP) is 3.31. The molecule has 0 fully saturated rings. The van der Waals surface area contributed by atoms with Crippen molar-refractivity contribution in [3.8, 4) is 11.6 Å². The average Bonchev–Trinajstić information content (AvgIpc) is 2.42. The molecule has 0 amide bonds. The van der Waals surface area contributed by atoms with Crippen LogP contribution < -0.4 is 10.5 Å². The molecule has 0 aliphatic carbocycles. The van der Waals surface area contributed by atoms with Gasteiger partial charge in [0, 0.05) is 29.0 Å². The first-order chi connectivity index (χ1) is 9.24. The van der Waals surface area contributed by atoms with E-state index in [9.17, 15) is 0 Å². The van der Waals surface area contributed by atoms with Crippen LogP contribution in [0.15, 0.2) is 48.7 Å². The number of aryl methyl sites for hydroxylation is 1. The van der Waals surface area contributed by atoms with Crippen LogP contribution in [-0.2, 0) is 0 Å². The van der Waals surface area contributed by atoms with Gasteiger partial charge in [-0.25, -0.2) is 4.98 Å². The number of rotatable bonds is 2. The summed E-state index contributed by atoms with van der Waals surface area (Å²) in [5.41, 5.74) is 8.27. The Kier molecular flexibility index (Phi) is 2.76. The molecule has 2 aromatic heterocycles. The first-order valence-corrected chi connectivity index (χ1v) is 5.99. The fourth-order valence-corrected chi connectivity index (χ4v) is 1.94. The summed E-state index contributed by atoms with van der Waals surface area (Å²) in [6.45, 7) is 1.92. The van der Waals surface area contributed by atoms with Crippen molar-refractivity contribution in [2.24, 2.45) is 0 Å². The number of hydrogen-bond acceptors (Lipinski definition) is 4. The Labute approximate surface area is 110 Å². The van der Waals surface area contributed by atoms with Gasteiger partial charge >= 0.3 is 0 Å². The third kappa shape index (κ3) is 2.20. The van der Waals surface area contributed by atoms with E-state index in [-0.39, 0.29) is 0 Å². The molecule has 3 aromatic rings. The molecule has 19 heavy (non-hydrogen) atoms. The number of hydrogen-bond donors (Lipinski definition) is 1. The van der Waals surface area contributed by atoms with Crippen LogP contribution in [-0.4, -0.2) is 9.97 Å². The van der Waals surface area contributed by atoms with Crippen LogP contribution in [0.5, 0.6) is 11.6 Å². The van der Waals surface area contributed by atoms with Crippen LogP contribution in [0.1, 0.15) is 5.69 Å². The fraction of sp³-hybridized carbons (Fsp3) is 0.0667. The van der Waals surface area contributed by atoms with Crippen LogP contribution in [0.25, 0.3) is 10.9 Å².